The minimum Gasteiger partial charge on any atom is -0.321 e. The summed E-state index contributed by atoms with van der Waals surface area (Å²) in [6.45, 7) is 4.83. The number of carbonyl (C=O) groups is 1. The van der Waals surface area contributed by atoms with E-state index in [0.29, 0.717) is 36.5 Å². The molecule has 0 saturated heterocycles. The van der Waals surface area contributed by atoms with Crippen LogP contribution < -0.4 is 5.32 Å². The monoisotopic (exact) mass is 445 g/mol. The average Bonchev–Trinajstić information content (AvgIpc) is 2.75. The molecule has 0 bridgehead atoms. The molecule has 0 fully saturated rings. The SMILES string of the molecule is CCCN(CCC)S(=O)(=O)c1ccc(C(=O)Nc2ccccc2SCCC#N)cc1. The number of benzene rings is 2. The summed E-state index contributed by atoms with van der Waals surface area (Å²) >= 11 is 1.50. The van der Waals surface area contributed by atoms with Gasteiger partial charge in [0.25, 0.3) is 5.91 Å². The van der Waals surface area contributed by atoms with Crippen molar-refractivity contribution in [2.45, 2.75) is 42.9 Å². The van der Waals surface area contributed by atoms with Gasteiger partial charge in [-0.05, 0) is 49.2 Å². The van der Waals surface area contributed by atoms with Crippen LogP contribution in [0.25, 0.3) is 0 Å². The van der Waals surface area contributed by atoms with E-state index in [9.17, 15) is 13.2 Å². The molecular weight excluding hydrogens is 418 g/mol. The molecule has 2 aromatic carbocycles. The van der Waals surface area contributed by atoms with E-state index >= 15 is 0 Å². The number of sulfonamides is 1. The number of carbonyl (C=O) groups excluding carboxylic acids is 1. The number of nitriles is 1. The number of rotatable bonds is 11. The molecule has 2 rings (SSSR count). The molecule has 0 aromatic heterocycles. The molecule has 0 heterocycles. The first-order valence-electron chi connectivity index (χ1n) is 9.94. The van der Waals surface area contributed by atoms with Crippen LogP contribution in [-0.2, 0) is 10.0 Å². The number of amides is 1. The van der Waals surface area contributed by atoms with Gasteiger partial charge in [-0.2, -0.15) is 9.57 Å². The van der Waals surface area contributed by atoms with Crippen molar-refractivity contribution in [1.82, 2.24) is 4.31 Å². The number of anilines is 1. The molecule has 6 nitrogen and oxygen atoms in total. The Morgan fingerprint density at radius 2 is 1.70 bits per heavy atom. The predicted molar refractivity (Wildman–Crippen MR) is 121 cm³/mol. The lowest BCUT2D eigenvalue weighted by atomic mass is 10.2. The Kier molecular flexibility index (Phi) is 9.37. The third-order valence-electron chi connectivity index (χ3n) is 4.31. The first kappa shape index (κ1) is 23.9. The summed E-state index contributed by atoms with van der Waals surface area (Å²) in [5, 5.41) is 11.6. The first-order chi connectivity index (χ1) is 14.4. The largest absolute Gasteiger partial charge is 0.321 e. The second-order valence-corrected chi connectivity index (χ2v) is 9.71. The molecule has 2 aromatic rings. The molecule has 0 atom stereocenters. The molecule has 1 amide bonds. The summed E-state index contributed by atoms with van der Waals surface area (Å²) in [6.07, 6.45) is 1.91. The Morgan fingerprint density at radius 3 is 2.30 bits per heavy atom. The maximum Gasteiger partial charge on any atom is 0.255 e. The molecule has 0 aliphatic heterocycles. The van der Waals surface area contributed by atoms with Gasteiger partial charge < -0.3 is 5.32 Å². The minimum absolute atomic E-state index is 0.188. The average molecular weight is 446 g/mol. The number of hydrogen-bond donors (Lipinski definition) is 1. The molecule has 30 heavy (non-hydrogen) atoms. The van der Waals surface area contributed by atoms with Gasteiger partial charge in [-0.1, -0.05) is 26.0 Å². The predicted octanol–water partition coefficient (Wildman–Crippen LogP) is 4.76. The summed E-state index contributed by atoms with van der Waals surface area (Å²) in [6, 6.07) is 15.5. The van der Waals surface area contributed by atoms with Crippen LogP contribution in [0.3, 0.4) is 0 Å². The Hall–Kier alpha value is -2.34. The lowest BCUT2D eigenvalue weighted by Gasteiger charge is -2.21. The Balaban J connectivity index is 2.15. The van der Waals surface area contributed by atoms with E-state index in [1.54, 1.807) is 6.07 Å². The van der Waals surface area contributed by atoms with Crippen LogP contribution in [0.4, 0.5) is 5.69 Å². The molecule has 0 unspecified atom stereocenters. The van der Waals surface area contributed by atoms with Gasteiger partial charge in [0.2, 0.25) is 10.0 Å². The number of hydrogen-bond acceptors (Lipinski definition) is 5. The highest BCUT2D eigenvalue weighted by atomic mass is 32.2. The lowest BCUT2D eigenvalue weighted by molar-refractivity contribution is 0.102. The highest BCUT2D eigenvalue weighted by Gasteiger charge is 2.23. The van der Waals surface area contributed by atoms with Crippen LogP contribution in [-0.4, -0.2) is 37.5 Å². The Labute approximate surface area is 183 Å². The first-order valence-corrected chi connectivity index (χ1v) is 12.4. The molecule has 0 radical (unpaired) electrons. The van der Waals surface area contributed by atoms with Crippen LogP contribution in [0.15, 0.2) is 58.3 Å². The fourth-order valence-electron chi connectivity index (χ4n) is 2.88. The van der Waals surface area contributed by atoms with Crippen LogP contribution in [0.1, 0.15) is 43.5 Å². The maximum absolute atomic E-state index is 12.9. The zero-order valence-corrected chi connectivity index (χ0v) is 18.9. The van der Waals surface area contributed by atoms with Crippen molar-refractivity contribution in [3.8, 4) is 6.07 Å². The molecular formula is C22H27N3O3S2. The highest BCUT2D eigenvalue weighted by Crippen LogP contribution is 2.28. The van der Waals surface area contributed by atoms with E-state index in [1.807, 2.05) is 32.0 Å². The summed E-state index contributed by atoms with van der Waals surface area (Å²) in [7, 11) is -3.57. The van der Waals surface area contributed by atoms with Crippen LogP contribution in [0.2, 0.25) is 0 Å². The fraction of sp³-hybridized carbons (Fsp3) is 0.364. The topological polar surface area (TPSA) is 90.3 Å². The third kappa shape index (κ3) is 6.33. The van der Waals surface area contributed by atoms with Crippen molar-refractivity contribution < 1.29 is 13.2 Å². The standard InChI is InChI=1S/C22H27N3O3S2/c1-3-15-25(16-4-2)30(27,28)19-12-10-18(11-13-19)22(26)24-20-8-5-6-9-21(20)29-17-7-14-23/h5-6,8-13H,3-4,7,15-17H2,1-2H3,(H,24,26). The highest BCUT2D eigenvalue weighted by molar-refractivity contribution is 7.99. The van der Waals surface area contributed by atoms with Crippen molar-refractivity contribution >= 4 is 33.4 Å². The molecule has 0 aliphatic rings. The van der Waals surface area contributed by atoms with E-state index < -0.39 is 10.0 Å². The minimum atomic E-state index is -3.57. The number of para-hydroxylation sites is 1. The van der Waals surface area contributed by atoms with Crippen LogP contribution in [0, 0.1) is 11.3 Å². The van der Waals surface area contributed by atoms with Crippen molar-refractivity contribution in [2.75, 3.05) is 24.2 Å². The third-order valence-corrected chi connectivity index (χ3v) is 7.30. The maximum atomic E-state index is 12.9. The van der Waals surface area contributed by atoms with E-state index in [0.717, 1.165) is 17.7 Å². The van der Waals surface area contributed by atoms with E-state index in [4.69, 9.17) is 5.26 Å². The van der Waals surface area contributed by atoms with E-state index in [-0.39, 0.29) is 10.8 Å². The second kappa shape index (κ2) is 11.7. The number of thioether (sulfide) groups is 1. The number of nitrogens with one attached hydrogen (secondary N) is 1. The van der Waals surface area contributed by atoms with Crippen LogP contribution in [0.5, 0.6) is 0 Å². The Morgan fingerprint density at radius 1 is 1.07 bits per heavy atom. The molecule has 0 spiro atoms. The summed E-state index contributed by atoms with van der Waals surface area (Å²) in [4.78, 5) is 13.7. The van der Waals surface area contributed by atoms with Gasteiger partial charge in [-0.3, -0.25) is 4.79 Å². The normalized spacial score (nSPS) is 11.3. The summed E-state index contributed by atoms with van der Waals surface area (Å²) in [5.41, 5.74) is 1.04. The van der Waals surface area contributed by atoms with Crippen molar-refractivity contribution in [3.05, 3.63) is 54.1 Å². The van der Waals surface area contributed by atoms with Gasteiger partial charge in [0.15, 0.2) is 0 Å². The van der Waals surface area contributed by atoms with Gasteiger partial charge in [-0.15, -0.1) is 11.8 Å². The zero-order valence-electron chi connectivity index (χ0n) is 17.3. The van der Waals surface area contributed by atoms with Gasteiger partial charge in [-0.25, -0.2) is 8.42 Å². The van der Waals surface area contributed by atoms with Gasteiger partial charge in [0, 0.05) is 35.7 Å². The number of nitrogens with zero attached hydrogens (tertiary/aromatic N) is 2. The second-order valence-electron chi connectivity index (χ2n) is 6.64. The molecule has 1 N–H and O–H groups in total. The fourth-order valence-corrected chi connectivity index (χ4v) is 5.36. The molecule has 160 valence electrons. The summed E-state index contributed by atoms with van der Waals surface area (Å²) in [5.74, 6) is 0.327. The van der Waals surface area contributed by atoms with Crippen molar-refractivity contribution in [1.29, 1.82) is 5.26 Å². The lowest BCUT2D eigenvalue weighted by Crippen LogP contribution is -2.32. The van der Waals surface area contributed by atoms with Gasteiger partial charge in [0.05, 0.1) is 16.7 Å². The quantitative estimate of drug-likeness (QED) is 0.398. The molecule has 0 saturated carbocycles. The molecule has 0 aliphatic carbocycles. The van der Waals surface area contributed by atoms with E-state index in [2.05, 4.69) is 11.4 Å². The van der Waals surface area contributed by atoms with Crippen molar-refractivity contribution in [3.63, 3.8) is 0 Å². The van der Waals surface area contributed by atoms with E-state index in [1.165, 1.54) is 40.3 Å². The van der Waals surface area contributed by atoms with Gasteiger partial charge in [0.1, 0.15) is 0 Å². The van der Waals surface area contributed by atoms with Crippen molar-refractivity contribution in [2.24, 2.45) is 0 Å². The smallest absolute Gasteiger partial charge is 0.255 e. The molecule has 8 heteroatoms. The van der Waals surface area contributed by atoms with Crippen LogP contribution >= 0.6 is 11.8 Å². The van der Waals surface area contributed by atoms with Gasteiger partial charge >= 0.3 is 0 Å². The summed E-state index contributed by atoms with van der Waals surface area (Å²) < 4.78 is 27.2. The Bertz CT molecular complexity index is 977. The zero-order chi connectivity index (χ0) is 22.0.